The van der Waals surface area contributed by atoms with E-state index < -0.39 is 0 Å². The minimum atomic E-state index is -0.187. The van der Waals surface area contributed by atoms with E-state index >= 15 is 0 Å². The maximum Gasteiger partial charge on any atom is 0.131 e. The number of rotatable bonds is 4. The molecule has 2 unspecified atom stereocenters. The van der Waals surface area contributed by atoms with Crippen molar-refractivity contribution in [3.63, 3.8) is 0 Å². The van der Waals surface area contributed by atoms with Crippen molar-refractivity contribution < 1.29 is 9.13 Å². The zero-order chi connectivity index (χ0) is 13.2. The van der Waals surface area contributed by atoms with Gasteiger partial charge >= 0.3 is 0 Å². The first-order valence-corrected chi connectivity index (χ1v) is 7.08. The molecule has 2 atom stereocenters. The highest BCUT2D eigenvalue weighted by Gasteiger charge is 2.36. The van der Waals surface area contributed by atoms with E-state index in [1.165, 1.54) is 38.4 Å². The van der Waals surface area contributed by atoms with Crippen molar-refractivity contribution >= 4 is 0 Å². The molecule has 0 aliphatic carbocycles. The molecule has 1 aromatic carbocycles. The second-order valence-corrected chi connectivity index (χ2v) is 5.48. The fourth-order valence-electron chi connectivity index (χ4n) is 3.36. The van der Waals surface area contributed by atoms with Crippen LogP contribution in [0.25, 0.3) is 0 Å². The quantitative estimate of drug-likeness (QED) is 0.902. The summed E-state index contributed by atoms with van der Waals surface area (Å²) in [4.78, 5) is 2.56. The largest absolute Gasteiger partial charge is 0.497 e. The van der Waals surface area contributed by atoms with Gasteiger partial charge in [0.15, 0.2) is 0 Å². The van der Waals surface area contributed by atoms with Crippen molar-refractivity contribution in [3.8, 4) is 5.75 Å². The van der Waals surface area contributed by atoms with Gasteiger partial charge in [-0.15, -0.1) is 0 Å². The number of halogens is 1. The third-order valence-corrected chi connectivity index (χ3v) is 4.42. The van der Waals surface area contributed by atoms with E-state index in [4.69, 9.17) is 4.74 Å². The van der Waals surface area contributed by atoms with E-state index in [2.05, 4.69) is 10.2 Å². The van der Waals surface area contributed by atoms with Crippen molar-refractivity contribution in [2.24, 2.45) is 0 Å². The van der Waals surface area contributed by atoms with Crippen LogP contribution < -0.4 is 10.1 Å². The Kier molecular flexibility index (Phi) is 3.71. The van der Waals surface area contributed by atoms with Crippen LogP contribution in [0, 0.1) is 5.82 Å². The Balaban J connectivity index is 1.60. The Morgan fingerprint density at radius 2 is 2.26 bits per heavy atom. The predicted octanol–water partition coefficient (Wildman–Crippen LogP) is 2.16. The van der Waals surface area contributed by atoms with Crippen LogP contribution in [0.5, 0.6) is 5.75 Å². The lowest BCUT2D eigenvalue weighted by Crippen LogP contribution is -2.38. The summed E-state index contributed by atoms with van der Waals surface area (Å²) in [7, 11) is 1.56. The second kappa shape index (κ2) is 5.47. The monoisotopic (exact) mass is 264 g/mol. The zero-order valence-corrected chi connectivity index (χ0v) is 11.4. The molecule has 3 rings (SSSR count). The minimum Gasteiger partial charge on any atom is -0.497 e. The summed E-state index contributed by atoms with van der Waals surface area (Å²) in [6.45, 7) is 3.03. The van der Waals surface area contributed by atoms with Gasteiger partial charge in [-0.05, 0) is 31.9 Å². The van der Waals surface area contributed by atoms with Gasteiger partial charge in [-0.2, -0.15) is 0 Å². The van der Waals surface area contributed by atoms with Gasteiger partial charge in [0, 0.05) is 36.8 Å². The van der Waals surface area contributed by atoms with Crippen LogP contribution in [-0.2, 0) is 6.54 Å². The van der Waals surface area contributed by atoms with Gasteiger partial charge in [-0.25, -0.2) is 4.39 Å². The highest BCUT2D eigenvalue weighted by molar-refractivity contribution is 5.28. The van der Waals surface area contributed by atoms with Crippen LogP contribution in [-0.4, -0.2) is 37.2 Å². The fraction of sp³-hybridized carbons (Fsp3) is 0.600. The van der Waals surface area contributed by atoms with Crippen LogP contribution in [0.3, 0.4) is 0 Å². The average Bonchev–Trinajstić information content (AvgIpc) is 3.01. The lowest BCUT2D eigenvalue weighted by atomic mass is 10.1. The number of methoxy groups -OCH3 is 1. The number of ether oxygens (including phenoxy) is 1. The third kappa shape index (κ3) is 2.60. The molecule has 0 aromatic heterocycles. The first-order chi connectivity index (χ1) is 9.28. The number of benzene rings is 1. The van der Waals surface area contributed by atoms with Gasteiger partial charge in [0.25, 0.3) is 0 Å². The molecular formula is C15H21FN2O. The van der Waals surface area contributed by atoms with Crippen molar-refractivity contribution in [1.29, 1.82) is 0 Å². The normalized spacial score (nSPS) is 26.6. The van der Waals surface area contributed by atoms with Crippen LogP contribution in [0.15, 0.2) is 18.2 Å². The summed E-state index contributed by atoms with van der Waals surface area (Å²) < 4.78 is 18.9. The Morgan fingerprint density at radius 1 is 1.37 bits per heavy atom. The van der Waals surface area contributed by atoms with E-state index in [-0.39, 0.29) is 5.82 Å². The molecule has 2 heterocycles. The summed E-state index contributed by atoms with van der Waals surface area (Å²) in [5, 5.41) is 3.53. The fourth-order valence-corrected chi connectivity index (χ4v) is 3.36. The predicted molar refractivity (Wildman–Crippen MR) is 72.8 cm³/mol. The molecule has 0 radical (unpaired) electrons. The molecule has 1 N–H and O–H groups in total. The highest BCUT2D eigenvalue weighted by atomic mass is 19.1. The molecule has 0 spiro atoms. The van der Waals surface area contributed by atoms with Gasteiger partial charge in [0.2, 0.25) is 0 Å². The minimum absolute atomic E-state index is 0.187. The molecule has 4 heteroatoms. The standard InChI is InChI=1S/C15H21FN2O/c1-19-12-5-4-11(13(16)9-12)10-17-14-6-8-18-7-2-3-15(14)18/h4-5,9,14-15,17H,2-3,6-8,10H2,1H3. The van der Waals surface area contributed by atoms with E-state index in [0.717, 1.165) is 5.56 Å². The Hall–Kier alpha value is -1.13. The van der Waals surface area contributed by atoms with E-state index in [0.29, 0.717) is 24.4 Å². The number of nitrogens with zero attached hydrogens (tertiary/aromatic N) is 1. The summed E-state index contributed by atoms with van der Waals surface area (Å²) in [5.74, 6) is 0.386. The lowest BCUT2D eigenvalue weighted by Gasteiger charge is -2.21. The highest BCUT2D eigenvalue weighted by Crippen LogP contribution is 2.28. The molecule has 19 heavy (non-hydrogen) atoms. The summed E-state index contributed by atoms with van der Waals surface area (Å²) in [6, 6.07) is 6.26. The van der Waals surface area contributed by atoms with Gasteiger partial charge in [-0.3, -0.25) is 4.90 Å². The van der Waals surface area contributed by atoms with E-state index in [1.54, 1.807) is 7.11 Å². The smallest absolute Gasteiger partial charge is 0.131 e. The molecule has 104 valence electrons. The third-order valence-electron chi connectivity index (χ3n) is 4.42. The second-order valence-electron chi connectivity index (χ2n) is 5.48. The van der Waals surface area contributed by atoms with Crippen LogP contribution in [0.4, 0.5) is 4.39 Å². The lowest BCUT2D eigenvalue weighted by molar-refractivity contribution is 0.298. The maximum atomic E-state index is 13.8. The molecule has 0 amide bonds. The first-order valence-electron chi connectivity index (χ1n) is 7.08. The molecule has 2 aliphatic heterocycles. The molecule has 2 saturated heterocycles. The molecule has 2 fully saturated rings. The van der Waals surface area contributed by atoms with Crippen molar-refractivity contribution in [3.05, 3.63) is 29.6 Å². The Morgan fingerprint density at radius 3 is 3.05 bits per heavy atom. The van der Waals surface area contributed by atoms with Crippen molar-refractivity contribution in [2.45, 2.75) is 37.9 Å². The number of nitrogens with one attached hydrogen (secondary N) is 1. The van der Waals surface area contributed by atoms with Crippen LogP contribution in [0.1, 0.15) is 24.8 Å². The molecule has 0 saturated carbocycles. The van der Waals surface area contributed by atoms with E-state index in [9.17, 15) is 4.39 Å². The van der Waals surface area contributed by atoms with Gasteiger partial charge < -0.3 is 10.1 Å². The summed E-state index contributed by atoms with van der Waals surface area (Å²) >= 11 is 0. The number of hydrogen-bond donors (Lipinski definition) is 1. The topological polar surface area (TPSA) is 24.5 Å². The summed E-state index contributed by atoms with van der Waals surface area (Å²) in [5.41, 5.74) is 0.720. The number of hydrogen-bond acceptors (Lipinski definition) is 3. The van der Waals surface area contributed by atoms with Crippen molar-refractivity contribution in [2.75, 3.05) is 20.2 Å². The average molecular weight is 264 g/mol. The number of fused-ring (bicyclic) bond motifs is 1. The van der Waals surface area contributed by atoms with Crippen LogP contribution in [0.2, 0.25) is 0 Å². The molecule has 1 aromatic rings. The van der Waals surface area contributed by atoms with Crippen LogP contribution >= 0.6 is 0 Å². The Bertz CT molecular complexity index is 452. The first kappa shape index (κ1) is 12.9. The Labute approximate surface area is 113 Å². The van der Waals surface area contributed by atoms with Gasteiger partial charge in [-0.1, -0.05) is 6.07 Å². The zero-order valence-electron chi connectivity index (χ0n) is 11.4. The molecule has 0 bridgehead atoms. The summed E-state index contributed by atoms with van der Waals surface area (Å²) in [6.07, 6.45) is 3.77. The van der Waals surface area contributed by atoms with Gasteiger partial charge in [0.1, 0.15) is 11.6 Å². The van der Waals surface area contributed by atoms with E-state index in [1.807, 2.05) is 12.1 Å². The molecule has 2 aliphatic rings. The SMILES string of the molecule is COc1ccc(CNC2CCN3CCCC23)c(F)c1. The molecular weight excluding hydrogens is 243 g/mol. The molecule has 3 nitrogen and oxygen atoms in total. The van der Waals surface area contributed by atoms with Crippen molar-refractivity contribution in [1.82, 2.24) is 10.2 Å². The maximum absolute atomic E-state index is 13.8. The van der Waals surface area contributed by atoms with Gasteiger partial charge in [0.05, 0.1) is 7.11 Å².